The number of amides is 1. The number of carbonyl (C=O) groups is 1. The molecule has 1 rings (SSSR count). The lowest BCUT2D eigenvalue weighted by molar-refractivity contribution is -0.117. The van der Waals surface area contributed by atoms with E-state index in [1.54, 1.807) is 12.1 Å². The van der Waals surface area contributed by atoms with E-state index in [4.69, 9.17) is 5.73 Å². The van der Waals surface area contributed by atoms with Crippen molar-refractivity contribution in [3.8, 4) is 0 Å². The smallest absolute Gasteiger partial charge is 0.221 e. The summed E-state index contributed by atoms with van der Waals surface area (Å²) < 4.78 is 23.2. The van der Waals surface area contributed by atoms with Crippen LogP contribution in [0.3, 0.4) is 0 Å². The number of primary amides is 1. The number of rotatable bonds is 4. The molecule has 0 unspecified atom stereocenters. The second-order valence-corrected chi connectivity index (χ2v) is 5.21. The highest BCUT2D eigenvalue weighted by molar-refractivity contribution is 7.91. The summed E-state index contributed by atoms with van der Waals surface area (Å²) in [6.45, 7) is 1.53. The van der Waals surface area contributed by atoms with Gasteiger partial charge in [0.1, 0.15) is 0 Å². The molecule has 0 aliphatic heterocycles. The highest BCUT2D eigenvalue weighted by Crippen LogP contribution is 2.14. The maximum absolute atomic E-state index is 11.6. The Hall–Kier alpha value is -1.43. The Bertz CT molecular complexity index is 468. The topological polar surface area (TPSA) is 90.1 Å². The first-order chi connectivity index (χ1) is 6.97. The molecule has 1 aromatic heterocycles. The van der Waals surface area contributed by atoms with Crippen molar-refractivity contribution >= 4 is 15.7 Å². The molecule has 1 amide bonds. The second kappa shape index (κ2) is 4.39. The highest BCUT2D eigenvalue weighted by atomic mass is 32.2. The molecule has 0 aliphatic carbocycles. The van der Waals surface area contributed by atoms with E-state index in [2.05, 4.69) is 4.98 Å². The molecular weight excluding hydrogens is 216 g/mol. The van der Waals surface area contributed by atoms with Gasteiger partial charge in [0.15, 0.2) is 14.9 Å². The molecule has 1 heterocycles. The molecule has 0 aromatic carbocycles. The van der Waals surface area contributed by atoms with E-state index in [1.165, 1.54) is 13.1 Å². The van der Waals surface area contributed by atoms with Gasteiger partial charge in [0.25, 0.3) is 0 Å². The van der Waals surface area contributed by atoms with E-state index in [0.717, 1.165) is 0 Å². The molecule has 0 saturated carbocycles. The zero-order valence-electron chi connectivity index (χ0n) is 8.30. The summed E-state index contributed by atoms with van der Waals surface area (Å²) in [5.74, 6) is -0.619. The Labute approximate surface area is 88.2 Å². The fraction of sp³-hybridized carbons (Fsp3) is 0.333. The Morgan fingerprint density at radius 1 is 1.53 bits per heavy atom. The number of hydrogen-bond donors (Lipinski definition) is 1. The maximum Gasteiger partial charge on any atom is 0.221 e. The molecule has 82 valence electrons. The number of aromatic nitrogens is 1. The maximum atomic E-state index is 11.6. The minimum atomic E-state index is -3.39. The Morgan fingerprint density at radius 3 is 2.73 bits per heavy atom. The summed E-state index contributed by atoms with van der Waals surface area (Å²) >= 11 is 0. The van der Waals surface area contributed by atoms with Gasteiger partial charge in [0.2, 0.25) is 5.91 Å². The average molecular weight is 228 g/mol. The van der Waals surface area contributed by atoms with Crippen LogP contribution < -0.4 is 5.73 Å². The van der Waals surface area contributed by atoms with Crippen LogP contribution in [0.2, 0.25) is 0 Å². The van der Waals surface area contributed by atoms with E-state index in [-0.39, 0.29) is 17.2 Å². The molecule has 0 bridgehead atoms. The van der Waals surface area contributed by atoms with Gasteiger partial charge in [-0.1, -0.05) is 13.0 Å². The van der Waals surface area contributed by atoms with Gasteiger partial charge >= 0.3 is 0 Å². The minimum Gasteiger partial charge on any atom is -0.369 e. The number of sulfone groups is 1. The first kappa shape index (κ1) is 11.6. The molecule has 0 saturated heterocycles. The summed E-state index contributed by atoms with van der Waals surface area (Å²) in [7, 11) is -3.39. The monoisotopic (exact) mass is 228 g/mol. The van der Waals surface area contributed by atoms with Gasteiger partial charge in [0.05, 0.1) is 12.2 Å². The van der Waals surface area contributed by atoms with Crippen LogP contribution in [0.15, 0.2) is 23.4 Å². The van der Waals surface area contributed by atoms with Gasteiger partial charge in [-0.15, -0.1) is 0 Å². The van der Waals surface area contributed by atoms with E-state index in [0.29, 0.717) is 5.56 Å². The van der Waals surface area contributed by atoms with Crippen LogP contribution in [0.1, 0.15) is 12.5 Å². The molecule has 0 aliphatic rings. The van der Waals surface area contributed by atoms with Gasteiger partial charge in [-0.25, -0.2) is 13.4 Å². The standard InChI is InChI=1S/C9H12N2O3S/c1-2-15(13,14)9-7(6-8(10)12)4-3-5-11-9/h3-5H,2,6H2,1H3,(H2,10,12). The van der Waals surface area contributed by atoms with Crippen LogP contribution in [-0.2, 0) is 21.1 Å². The van der Waals surface area contributed by atoms with Crippen molar-refractivity contribution in [3.63, 3.8) is 0 Å². The summed E-state index contributed by atoms with van der Waals surface area (Å²) in [5.41, 5.74) is 5.37. The van der Waals surface area contributed by atoms with Gasteiger partial charge in [-0.05, 0) is 11.6 Å². The predicted octanol–water partition coefficient (Wildman–Crippen LogP) is -0.0970. The largest absolute Gasteiger partial charge is 0.369 e. The van der Waals surface area contributed by atoms with Crippen molar-refractivity contribution in [2.75, 3.05) is 5.75 Å². The third-order valence-electron chi connectivity index (χ3n) is 1.89. The molecule has 15 heavy (non-hydrogen) atoms. The fourth-order valence-corrected chi connectivity index (χ4v) is 2.20. The quantitative estimate of drug-likeness (QED) is 0.779. The van der Waals surface area contributed by atoms with Crippen molar-refractivity contribution in [1.82, 2.24) is 4.98 Å². The normalized spacial score (nSPS) is 11.3. The number of nitrogens with zero attached hydrogens (tertiary/aromatic N) is 1. The summed E-state index contributed by atoms with van der Waals surface area (Å²) in [6.07, 6.45) is 1.27. The number of hydrogen-bond acceptors (Lipinski definition) is 4. The van der Waals surface area contributed by atoms with Gasteiger partial charge in [-0.3, -0.25) is 4.79 Å². The fourth-order valence-electron chi connectivity index (χ4n) is 1.16. The van der Waals surface area contributed by atoms with Crippen LogP contribution in [0.4, 0.5) is 0 Å². The van der Waals surface area contributed by atoms with Crippen molar-refractivity contribution < 1.29 is 13.2 Å². The number of pyridine rings is 1. The Morgan fingerprint density at radius 2 is 2.20 bits per heavy atom. The predicted molar refractivity (Wildman–Crippen MR) is 54.9 cm³/mol. The van der Waals surface area contributed by atoms with E-state index in [1.807, 2.05) is 0 Å². The van der Waals surface area contributed by atoms with Crippen LogP contribution in [0.5, 0.6) is 0 Å². The first-order valence-corrected chi connectivity index (χ1v) is 6.07. The lowest BCUT2D eigenvalue weighted by Crippen LogP contribution is -2.17. The number of nitrogens with two attached hydrogens (primary N) is 1. The Kier molecular flexibility index (Phi) is 3.41. The molecule has 0 radical (unpaired) electrons. The zero-order valence-corrected chi connectivity index (χ0v) is 9.12. The number of carbonyl (C=O) groups excluding carboxylic acids is 1. The van der Waals surface area contributed by atoms with Crippen LogP contribution in [0.25, 0.3) is 0 Å². The van der Waals surface area contributed by atoms with Crippen LogP contribution >= 0.6 is 0 Å². The summed E-state index contributed by atoms with van der Waals surface area (Å²) in [4.78, 5) is 14.5. The molecule has 0 spiro atoms. The van der Waals surface area contributed by atoms with Crippen molar-refractivity contribution in [3.05, 3.63) is 23.9 Å². The molecule has 5 nitrogen and oxygen atoms in total. The molecule has 1 aromatic rings. The SMILES string of the molecule is CCS(=O)(=O)c1ncccc1CC(N)=O. The second-order valence-electron chi connectivity index (χ2n) is 3.01. The van der Waals surface area contributed by atoms with E-state index in [9.17, 15) is 13.2 Å². The summed E-state index contributed by atoms with van der Waals surface area (Å²) in [6, 6.07) is 3.12. The summed E-state index contributed by atoms with van der Waals surface area (Å²) in [5, 5.41) is -0.0497. The van der Waals surface area contributed by atoms with Crippen LogP contribution in [-0.4, -0.2) is 25.1 Å². The third kappa shape index (κ3) is 2.76. The molecule has 0 atom stereocenters. The van der Waals surface area contributed by atoms with Gasteiger partial charge < -0.3 is 5.73 Å². The van der Waals surface area contributed by atoms with Crippen molar-refractivity contribution in [2.45, 2.75) is 18.4 Å². The molecule has 6 heteroatoms. The van der Waals surface area contributed by atoms with E-state index < -0.39 is 15.7 Å². The zero-order chi connectivity index (χ0) is 11.5. The molecule has 2 N–H and O–H groups in total. The van der Waals surface area contributed by atoms with Crippen molar-refractivity contribution in [1.29, 1.82) is 0 Å². The molecular formula is C9H12N2O3S. The van der Waals surface area contributed by atoms with Crippen LogP contribution in [0, 0.1) is 0 Å². The molecule has 0 fully saturated rings. The first-order valence-electron chi connectivity index (χ1n) is 4.42. The third-order valence-corrected chi connectivity index (χ3v) is 3.61. The lowest BCUT2D eigenvalue weighted by Gasteiger charge is -2.05. The van der Waals surface area contributed by atoms with E-state index >= 15 is 0 Å². The highest BCUT2D eigenvalue weighted by Gasteiger charge is 2.18. The van der Waals surface area contributed by atoms with Gasteiger partial charge in [0, 0.05) is 6.20 Å². The Balaban J connectivity index is 3.24. The van der Waals surface area contributed by atoms with Crippen molar-refractivity contribution in [2.24, 2.45) is 5.73 Å². The minimum absolute atomic E-state index is 0.0459. The lowest BCUT2D eigenvalue weighted by atomic mass is 10.2. The van der Waals surface area contributed by atoms with Gasteiger partial charge in [-0.2, -0.15) is 0 Å². The average Bonchev–Trinajstić information content (AvgIpc) is 2.17.